The van der Waals surface area contributed by atoms with E-state index in [2.05, 4.69) is 42.8 Å². The number of pyridine rings is 1. The second-order valence-electron chi connectivity index (χ2n) is 4.77. The van der Waals surface area contributed by atoms with Gasteiger partial charge >= 0.3 is 0 Å². The summed E-state index contributed by atoms with van der Waals surface area (Å²) in [4.78, 5) is 6.18. The van der Waals surface area contributed by atoms with E-state index in [-0.39, 0.29) is 0 Å². The summed E-state index contributed by atoms with van der Waals surface area (Å²) in [6.07, 6.45) is 10.4. The second kappa shape index (κ2) is 7.00. The molecule has 2 aromatic rings. The van der Waals surface area contributed by atoms with Crippen LogP contribution in [-0.2, 0) is 0 Å². The Balaban J connectivity index is 1.72. The van der Waals surface area contributed by atoms with Crippen LogP contribution in [0.5, 0.6) is 0 Å². The largest absolute Gasteiger partial charge is 0.365 e. The van der Waals surface area contributed by atoms with Crippen molar-refractivity contribution in [1.29, 1.82) is 0 Å². The standard InChI is InChI=1S/C15H15ClN6/c16-15-13(22-7-2-1-3-8-22)9-14(20-21-15)19-18-11-12-5-4-6-17-10-12/h1-2,4-6,9-11H,3,7-8H2,(H,19,20). The Bertz CT molecular complexity index is 686. The van der Waals surface area contributed by atoms with Crippen LogP contribution in [0.25, 0.3) is 0 Å². The molecule has 3 rings (SSSR count). The van der Waals surface area contributed by atoms with E-state index in [1.807, 2.05) is 18.2 Å². The lowest BCUT2D eigenvalue weighted by Crippen LogP contribution is -2.27. The van der Waals surface area contributed by atoms with Crippen molar-refractivity contribution < 1.29 is 0 Å². The molecule has 0 fully saturated rings. The van der Waals surface area contributed by atoms with Gasteiger partial charge in [0.1, 0.15) is 0 Å². The van der Waals surface area contributed by atoms with Crippen LogP contribution in [0.3, 0.4) is 0 Å². The SMILES string of the molecule is Clc1nnc(NN=Cc2cccnc2)cc1N1CC=CCC1. The van der Waals surface area contributed by atoms with Gasteiger partial charge in [0.05, 0.1) is 11.9 Å². The summed E-state index contributed by atoms with van der Waals surface area (Å²) in [5.74, 6) is 0.550. The number of nitrogens with one attached hydrogen (secondary N) is 1. The predicted molar refractivity (Wildman–Crippen MR) is 88.5 cm³/mol. The van der Waals surface area contributed by atoms with Crippen LogP contribution in [0.2, 0.25) is 5.15 Å². The van der Waals surface area contributed by atoms with Crippen molar-refractivity contribution in [3.63, 3.8) is 0 Å². The Labute approximate surface area is 133 Å². The van der Waals surface area contributed by atoms with Crippen molar-refractivity contribution >= 4 is 29.3 Å². The number of hydrogen-bond donors (Lipinski definition) is 1. The van der Waals surface area contributed by atoms with Crippen molar-refractivity contribution in [3.8, 4) is 0 Å². The highest BCUT2D eigenvalue weighted by Crippen LogP contribution is 2.26. The highest BCUT2D eigenvalue weighted by atomic mass is 35.5. The second-order valence-corrected chi connectivity index (χ2v) is 5.13. The Hall–Kier alpha value is -2.47. The lowest BCUT2D eigenvalue weighted by molar-refractivity contribution is 0.814. The zero-order valence-electron chi connectivity index (χ0n) is 11.9. The predicted octanol–water partition coefficient (Wildman–Crippen LogP) is 2.74. The van der Waals surface area contributed by atoms with E-state index < -0.39 is 0 Å². The third-order valence-corrected chi connectivity index (χ3v) is 3.48. The summed E-state index contributed by atoms with van der Waals surface area (Å²) >= 11 is 6.15. The summed E-state index contributed by atoms with van der Waals surface area (Å²) in [6, 6.07) is 5.62. The molecule has 112 valence electrons. The number of anilines is 2. The average Bonchev–Trinajstić information content (AvgIpc) is 2.58. The van der Waals surface area contributed by atoms with Crippen LogP contribution >= 0.6 is 11.6 Å². The molecule has 6 nitrogen and oxygen atoms in total. The zero-order valence-corrected chi connectivity index (χ0v) is 12.6. The van der Waals surface area contributed by atoms with Gasteiger partial charge in [0.25, 0.3) is 0 Å². The monoisotopic (exact) mass is 314 g/mol. The van der Waals surface area contributed by atoms with Gasteiger partial charge in [-0.05, 0) is 12.5 Å². The summed E-state index contributed by atoms with van der Waals surface area (Å²) in [7, 11) is 0. The molecule has 2 aromatic heterocycles. The molecule has 1 N–H and O–H groups in total. The van der Waals surface area contributed by atoms with Crippen LogP contribution < -0.4 is 10.3 Å². The molecule has 0 bridgehead atoms. The molecule has 1 aliphatic heterocycles. The molecule has 3 heterocycles. The van der Waals surface area contributed by atoms with Crippen molar-refractivity contribution in [1.82, 2.24) is 15.2 Å². The van der Waals surface area contributed by atoms with Gasteiger partial charge in [-0.3, -0.25) is 10.4 Å². The molecule has 0 radical (unpaired) electrons. The topological polar surface area (TPSA) is 66.3 Å². The summed E-state index contributed by atoms with van der Waals surface area (Å²) in [5, 5.41) is 12.5. The first-order valence-corrected chi connectivity index (χ1v) is 7.33. The molecule has 22 heavy (non-hydrogen) atoms. The molecular weight excluding hydrogens is 300 g/mol. The lowest BCUT2D eigenvalue weighted by atomic mass is 10.2. The first-order chi connectivity index (χ1) is 10.8. The number of rotatable bonds is 4. The van der Waals surface area contributed by atoms with Crippen LogP contribution in [0.15, 0.2) is 47.8 Å². The molecule has 0 amide bonds. The molecule has 0 aromatic carbocycles. The van der Waals surface area contributed by atoms with Gasteiger partial charge in [-0.25, -0.2) is 0 Å². The molecule has 0 spiro atoms. The molecule has 0 atom stereocenters. The minimum atomic E-state index is 0.400. The van der Waals surface area contributed by atoms with Crippen molar-refractivity contribution in [3.05, 3.63) is 53.5 Å². The highest BCUT2D eigenvalue weighted by molar-refractivity contribution is 6.32. The zero-order chi connectivity index (χ0) is 15.2. The molecular formula is C15H15ClN6. The maximum Gasteiger partial charge on any atom is 0.175 e. The van der Waals surface area contributed by atoms with Crippen LogP contribution in [0.1, 0.15) is 12.0 Å². The normalized spacial score (nSPS) is 14.5. The van der Waals surface area contributed by atoms with E-state index in [1.54, 1.807) is 18.6 Å². The minimum absolute atomic E-state index is 0.400. The number of hydrogen-bond acceptors (Lipinski definition) is 6. The highest BCUT2D eigenvalue weighted by Gasteiger charge is 2.13. The molecule has 0 saturated heterocycles. The molecule has 0 unspecified atom stereocenters. The van der Waals surface area contributed by atoms with Crippen molar-refractivity contribution in [2.75, 3.05) is 23.4 Å². The maximum absolute atomic E-state index is 6.15. The lowest BCUT2D eigenvalue weighted by Gasteiger charge is -2.25. The van der Waals surface area contributed by atoms with Crippen LogP contribution in [-0.4, -0.2) is 34.5 Å². The fourth-order valence-electron chi connectivity index (χ4n) is 2.13. The molecule has 7 heteroatoms. The van der Waals surface area contributed by atoms with Gasteiger partial charge in [0, 0.05) is 37.1 Å². The Morgan fingerprint density at radius 3 is 3.05 bits per heavy atom. The van der Waals surface area contributed by atoms with E-state index in [0.29, 0.717) is 11.0 Å². The fourth-order valence-corrected chi connectivity index (χ4v) is 2.34. The third-order valence-electron chi connectivity index (χ3n) is 3.21. The van der Waals surface area contributed by atoms with Gasteiger partial charge < -0.3 is 4.90 Å². The van der Waals surface area contributed by atoms with E-state index in [0.717, 1.165) is 30.8 Å². The minimum Gasteiger partial charge on any atom is -0.365 e. The Morgan fingerprint density at radius 2 is 2.27 bits per heavy atom. The first-order valence-electron chi connectivity index (χ1n) is 6.95. The summed E-state index contributed by atoms with van der Waals surface area (Å²) in [5.41, 5.74) is 4.63. The maximum atomic E-state index is 6.15. The van der Waals surface area contributed by atoms with E-state index in [1.165, 1.54) is 0 Å². The number of aromatic nitrogens is 3. The smallest absolute Gasteiger partial charge is 0.175 e. The number of halogens is 1. The van der Waals surface area contributed by atoms with Gasteiger partial charge in [-0.2, -0.15) is 5.10 Å². The summed E-state index contributed by atoms with van der Waals surface area (Å²) in [6.45, 7) is 1.74. The fraction of sp³-hybridized carbons (Fsp3) is 0.200. The van der Waals surface area contributed by atoms with Gasteiger partial charge in [0.15, 0.2) is 11.0 Å². The number of hydrazone groups is 1. The van der Waals surface area contributed by atoms with Crippen molar-refractivity contribution in [2.45, 2.75) is 6.42 Å². The average molecular weight is 315 g/mol. The van der Waals surface area contributed by atoms with E-state index in [9.17, 15) is 0 Å². The number of nitrogens with zero attached hydrogens (tertiary/aromatic N) is 5. The quantitative estimate of drug-likeness (QED) is 0.534. The van der Waals surface area contributed by atoms with Gasteiger partial charge in [-0.15, -0.1) is 10.2 Å². The summed E-state index contributed by atoms with van der Waals surface area (Å²) < 4.78 is 0. The van der Waals surface area contributed by atoms with Crippen LogP contribution in [0.4, 0.5) is 11.5 Å². The molecule has 0 aliphatic carbocycles. The van der Waals surface area contributed by atoms with E-state index in [4.69, 9.17) is 11.6 Å². The molecule has 1 aliphatic rings. The van der Waals surface area contributed by atoms with Gasteiger partial charge in [-0.1, -0.05) is 29.8 Å². The Kier molecular flexibility index (Phi) is 4.60. The third kappa shape index (κ3) is 3.59. The van der Waals surface area contributed by atoms with Crippen LogP contribution in [0, 0.1) is 0 Å². The Morgan fingerprint density at radius 1 is 1.32 bits per heavy atom. The van der Waals surface area contributed by atoms with E-state index >= 15 is 0 Å². The van der Waals surface area contributed by atoms with Gasteiger partial charge in [0.2, 0.25) is 0 Å². The molecule has 0 saturated carbocycles. The first kappa shape index (κ1) is 14.5. The van der Waals surface area contributed by atoms with Crippen molar-refractivity contribution in [2.24, 2.45) is 5.10 Å².